The molecule has 0 unspecified atom stereocenters. The summed E-state index contributed by atoms with van der Waals surface area (Å²) in [6, 6.07) is 14.6. The minimum absolute atomic E-state index is 0.572. The van der Waals surface area contributed by atoms with Crippen LogP contribution in [0.25, 0.3) is 0 Å². The summed E-state index contributed by atoms with van der Waals surface area (Å²) in [5, 5.41) is 5.15. The Balaban J connectivity index is 1.90. The quantitative estimate of drug-likeness (QED) is 0.763. The first-order valence-corrected chi connectivity index (χ1v) is 8.34. The average Bonchev–Trinajstić information content (AvgIpc) is 2.56. The fraction of sp³-hybridized carbons (Fsp3) is 0.222. The molecule has 0 saturated carbocycles. The summed E-state index contributed by atoms with van der Waals surface area (Å²) in [5.41, 5.74) is 2.41. The van der Waals surface area contributed by atoms with Crippen molar-refractivity contribution in [2.75, 3.05) is 10.6 Å². The third-order valence-corrected chi connectivity index (χ3v) is 3.87. The van der Waals surface area contributed by atoms with Crippen LogP contribution in [-0.2, 0) is 16.0 Å². The summed E-state index contributed by atoms with van der Waals surface area (Å²) in [7, 11) is 0. The molecule has 0 fully saturated rings. The molecular weight excluding hydrogens is 356 g/mol. The number of anilines is 2. The van der Waals surface area contributed by atoms with Crippen LogP contribution in [0.4, 0.5) is 11.4 Å². The van der Waals surface area contributed by atoms with Crippen molar-refractivity contribution in [3.8, 4) is 0 Å². The lowest BCUT2D eigenvalue weighted by molar-refractivity contribution is -0.132. The second-order valence-corrected chi connectivity index (χ2v) is 6.13. The largest absolute Gasteiger partial charge is 0.318 e. The molecule has 0 aromatic heterocycles. The smallest absolute Gasteiger partial charge is 0.314 e. The van der Waals surface area contributed by atoms with Gasteiger partial charge in [-0.05, 0) is 54.8 Å². The molecule has 5 heteroatoms. The SMILES string of the molecule is CCCCc1ccc(NC(=O)C(=O)Nc2ccc(Br)cc2)cc1. The van der Waals surface area contributed by atoms with Crippen LogP contribution >= 0.6 is 15.9 Å². The topological polar surface area (TPSA) is 58.2 Å². The van der Waals surface area contributed by atoms with Gasteiger partial charge in [0.15, 0.2) is 0 Å². The standard InChI is InChI=1S/C18H19BrN2O2/c1-2-3-4-13-5-9-15(10-6-13)20-17(22)18(23)21-16-11-7-14(19)8-12-16/h5-12H,2-4H2,1H3,(H,20,22)(H,21,23). The maximum absolute atomic E-state index is 11.9. The van der Waals surface area contributed by atoms with Gasteiger partial charge in [0, 0.05) is 15.8 Å². The summed E-state index contributed by atoms with van der Waals surface area (Å²) in [4.78, 5) is 23.8. The van der Waals surface area contributed by atoms with Gasteiger partial charge >= 0.3 is 11.8 Å². The number of benzene rings is 2. The number of amides is 2. The van der Waals surface area contributed by atoms with E-state index in [0.29, 0.717) is 11.4 Å². The van der Waals surface area contributed by atoms with E-state index in [1.807, 2.05) is 24.3 Å². The fourth-order valence-electron chi connectivity index (χ4n) is 2.04. The predicted molar refractivity (Wildman–Crippen MR) is 96.5 cm³/mol. The first kappa shape index (κ1) is 17.2. The van der Waals surface area contributed by atoms with Crippen LogP contribution in [-0.4, -0.2) is 11.8 Å². The normalized spacial score (nSPS) is 10.2. The van der Waals surface area contributed by atoms with Crippen molar-refractivity contribution < 1.29 is 9.59 Å². The fourth-order valence-corrected chi connectivity index (χ4v) is 2.31. The van der Waals surface area contributed by atoms with E-state index in [1.165, 1.54) is 5.56 Å². The highest BCUT2D eigenvalue weighted by molar-refractivity contribution is 9.10. The number of aryl methyl sites for hydroxylation is 1. The summed E-state index contributed by atoms with van der Waals surface area (Å²) in [6.45, 7) is 2.15. The lowest BCUT2D eigenvalue weighted by Gasteiger charge is -2.07. The maximum atomic E-state index is 11.9. The zero-order valence-corrected chi connectivity index (χ0v) is 14.5. The van der Waals surface area contributed by atoms with E-state index in [9.17, 15) is 9.59 Å². The maximum Gasteiger partial charge on any atom is 0.314 e. The van der Waals surface area contributed by atoms with E-state index in [2.05, 4.69) is 33.5 Å². The van der Waals surface area contributed by atoms with Gasteiger partial charge in [-0.1, -0.05) is 41.4 Å². The first-order chi connectivity index (χ1) is 11.1. The molecule has 0 aliphatic carbocycles. The number of carbonyl (C=O) groups excluding carboxylic acids is 2. The molecule has 2 amide bonds. The van der Waals surface area contributed by atoms with Crippen molar-refractivity contribution in [3.63, 3.8) is 0 Å². The predicted octanol–water partition coefficient (Wildman–Crippen LogP) is 4.37. The second kappa shape index (κ2) is 8.48. The van der Waals surface area contributed by atoms with E-state index in [-0.39, 0.29) is 0 Å². The zero-order chi connectivity index (χ0) is 16.7. The summed E-state index contributed by atoms with van der Waals surface area (Å²) in [5.74, 6) is -1.38. The molecule has 0 spiro atoms. The summed E-state index contributed by atoms with van der Waals surface area (Å²) < 4.78 is 0.906. The number of hydrogen-bond donors (Lipinski definition) is 2. The molecule has 0 atom stereocenters. The lowest BCUT2D eigenvalue weighted by Crippen LogP contribution is -2.29. The zero-order valence-electron chi connectivity index (χ0n) is 12.9. The van der Waals surface area contributed by atoms with Crippen LogP contribution in [0.3, 0.4) is 0 Å². The van der Waals surface area contributed by atoms with Gasteiger partial charge in [-0.15, -0.1) is 0 Å². The molecule has 0 radical (unpaired) electrons. The third-order valence-electron chi connectivity index (χ3n) is 3.34. The Morgan fingerprint density at radius 1 is 0.870 bits per heavy atom. The van der Waals surface area contributed by atoms with Crippen molar-refractivity contribution in [2.45, 2.75) is 26.2 Å². The molecule has 23 heavy (non-hydrogen) atoms. The number of halogens is 1. The van der Waals surface area contributed by atoms with E-state index < -0.39 is 11.8 Å². The average molecular weight is 375 g/mol. The number of carbonyl (C=O) groups is 2. The summed E-state index contributed by atoms with van der Waals surface area (Å²) >= 11 is 3.31. The Morgan fingerprint density at radius 3 is 1.83 bits per heavy atom. The molecular formula is C18H19BrN2O2. The van der Waals surface area contributed by atoms with Crippen LogP contribution in [0.5, 0.6) is 0 Å². The van der Waals surface area contributed by atoms with Gasteiger partial charge in [0.1, 0.15) is 0 Å². The number of rotatable bonds is 5. The van der Waals surface area contributed by atoms with Crippen molar-refractivity contribution in [2.24, 2.45) is 0 Å². The molecule has 0 bridgehead atoms. The van der Waals surface area contributed by atoms with Crippen LogP contribution in [0.15, 0.2) is 53.0 Å². The Labute approximate surface area is 144 Å². The minimum Gasteiger partial charge on any atom is -0.318 e. The summed E-state index contributed by atoms with van der Waals surface area (Å²) in [6.07, 6.45) is 3.31. The van der Waals surface area contributed by atoms with Gasteiger partial charge in [0.25, 0.3) is 0 Å². The third kappa shape index (κ3) is 5.53. The highest BCUT2D eigenvalue weighted by Gasteiger charge is 2.13. The van der Waals surface area contributed by atoms with E-state index in [4.69, 9.17) is 0 Å². The lowest BCUT2D eigenvalue weighted by atomic mass is 10.1. The second-order valence-electron chi connectivity index (χ2n) is 5.22. The van der Waals surface area contributed by atoms with Crippen LogP contribution < -0.4 is 10.6 Å². The van der Waals surface area contributed by atoms with Gasteiger partial charge < -0.3 is 10.6 Å². The molecule has 120 valence electrons. The highest BCUT2D eigenvalue weighted by atomic mass is 79.9. The molecule has 0 aliphatic heterocycles. The Bertz CT molecular complexity index is 666. The molecule has 0 saturated heterocycles. The van der Waals surface area contributed by atoms with Crippen LogP contribution in [0.1, 0.15) is 25.3 Å². The monoisotopic (exact) mass is 374 g/mol. The van der Waals surface area contributed by atoms with Crippen LogP contribution in [0, 0.1) is 0 Å². The molecule has 2 aromatic rings. The Morgan fingerprint density at radius 2 is 1.35 bits per heavy atom. The minimum atomic E-state index is -0.692. The van der Waals surface area contributed by atoms with E-state index in [1.54, 1.807) is 24.3 Å². The van der Waals surface area contributed by atoms with Crippen LogP contribution in [0.2, 0.25) is 0 Å². The molecule has 0 aliphatic rings. The van der Waals surface area contributed by atoms with Gasteiger partial charge in [-0.25, -0.2) is 0 Å². The van der Waals surface area contributed by atoms with E-state index >= 15 is 0 Å². The number of unbranched alkanes of at least 4 members (excludes halogenated alkanes) is 1. The Hall–Kier alpha value is -2.14. The van der Waals surface area contributed by atoms with Crippen molar-refractivity contribution in [3.05, 3.63) is 58.6 Å². The van der Waals surface area contributed by atoms with Crippen molar-refractivity contribution in [1.82, 2.24) is 0 Å². The van der Waals surface area contributed by atoms with Gasteiger partial charge in [-0.2, -0.15) is 0 Å². The molecule has 2 rings (SSSR count). The van der Waals surface area contributed by atoms with Gasteiger partial charge in [0.05, 0.1) is 0 Å². The van der Waals surface area contributed by atoms with Gasteiger partial charge in [0.2, 0.25) is 0 Å². The molecule has 2 aromatic carbocycles. The highest BCUT2D eigenvalue weighted by Crippen LogP contribution is 2.15. The van der Waals surface area contributed by atoms with Gasteiger partial charge in [-0.3, -0.25) is 9.59 Å². The van der Waals surface area contributed by atoms with E-state index in [0.717, 1.165) is 23.7 Å². The molecule has 0 heterocycles. The van der Waals surface area contributed by atoms with Crippen molar-refractivity contribution >= 4 is 39.1 Å². The van der Waals surface area contributed by atoms with Crippen molar-refractivity contribution in [1.29, 1.82) is 0 Å². The molecule has 4 nitrogen and oxygen atoms in total. The number of nitrogens with one attached hydrogen (secondary N) is 2. The number of hydrogen-bond acceptors (Lipinski definition) is 2. The first-order valence-electron chi connectivity index (χ1n) is 7.55. The Kier molecular flexibility index (Phi) is 6.35. The molecule has 2 N–H and O–H groups in total.